The highest BCUT2D eigenvalue weighted by atomic mass is 32.2. The maximum Gasteiger partial charge on any atom is 0.302 e. The first-order chi connectivity index (χ1) is 15.2. The molecule has 32 heavy (non-hydrogen) atoms. The lowest BCUT2D eigenvalue weighted by atomic mass is 10.00. The van der Waals surface area contributed by atoms with E-state index in [9.17, 15) is 18.9 Å². The molecule has 1 aromatic heterocycles. The summed E-state index contributed by atoms with van der Waals surface area (Å²) in [6.07, 6.45) is 1.70. The Morgan fingerprint density at radius 1 is 1.25 bits per heavy atom. The number of benzene rings is 2. The van der Waals surface area contributed by atoms with Crippen LogP contribution in [0.3, 0.4) is 0 Å². The van der Waals surface area contributed by atoms with Gasteiger partial charge in [0.25, 0.3) is 5.69 Å². The topological polar surface area (TPSA) is 73.4 Å². The van der Waals surface area contributed by atoms with Crippen molar-refractivity contribution in [3.8, 4) is 0 Å². The van der Waals surface area contributed by atoms with Crippen molar-refractivity contribution in [2.24, 2.45) is 5.92 Å². The number of anilines is 1. The van der Waals surface area contributed by atoms with E-state index in [4.69, 9.17) is 4.74 Å². The normalized spacial score (nSPS) is 15.2. The Balaban J connectivity index is 1.60. The Morgan fingerprint density at radius 3 is 2.56 bits per heavy atom. The van der Waals surface area contributed by atoms with E-state index in [1.165, 1.54) is 24.1 Å². The van der Waals surface area contributed by atoms with Crippen LogP contribution in [-0.2, 0) is 17.2 Å². The second-order valence-electron chi connectivity index (χ2n) is 8.00. The van der Waals surface area contributed by atoms with Gasteiger partial charge in [0.1, 0.15) is 0 Å². The minimum atomic E-state index is -3.05. The molecule has 1 aliphatic rings. The molecule has 10 heteroatoms. The molecule has 0 spiro atoms. The number of non-ortho nitro benzene ring substituents is 1. The van der Waals surface area contributed by atoms with Crippen LogP contribution in [0.5, 0.6) is 0 Å². The van der Waals surface area contributed by atoms with E-state index in [0.29, 0.717) is 30.8 Å². The average molecular weight is 463 g/mol. The molecule has 0 aliphatic carbocycles. The molecule has 7 nitrogen and oxygen atoms in total. The number of nitro benzene ring substituents is 1. The van der Waals surface area contributed by atoms with Gasteiger partial charge in [-0.15, -0.1) is 0 Å². The number of nitrogens with zero attached hydrogens (tertiary/aromatic N) is 4. The smallest absolute Gasteiger partial charge is 0.302 e. The summed E-state index contributed by atoms with van der Waals surface area (Å²) < 4.78 is 37.7. The Kier molecular flexibility index (Phi) is 6.34. The van der Waals surface area contributed by atoms with Gasteiger partial charge in [-0.05, 0) is 61.0 Å². The van der Waals surface area contributed by atoms with Crippen LogP contribution in [0, 0.1) is 16.0 Å². The average Bonchev–Trinajstić information content (AvgIpc) is 3.13. The van der Waals surface area contributed by atoms with Crippen molar-refractivity contribution < 1.29 is 18.4 Å². The van der Waals surface area contributed by atoms with Gasteiger partial charge in [-0.3, -0.25) is 10.1 Å². The first-order valence-corrected chi connectivity index (χ1v) is 11.1. The zero-order valence-electron chi connectivity index (χ0n) is 17.8. The van der Waals surface area contributed by atoms with Crippen LogP contribution < -0.4 is 4.31 Å². The molecule has 4 rings (SSSR count). The van der Waals surface area contributed by atoms with Gasteiger partial charge in [-0.2, -0.15) is 8.78 Å². The molecule has 1 aliphatic heterocycles. The van der Waals surface area contributed by atoms with Crippen LogP contribution in [0.15, 0.2) is 47.4 Å². The molecule has 0 bridgehead atoms. The number of nitro groups is 1. The molecule has 0 amide bonds. The molecule has 170 valence electrons. The molecule has 1 saturated heterocycles. The lowest BCUT2D eigenvalue weighted by Crippen LogP contribution is -2.24. The van der Waals surface area contributed by atoms with Crippen molar-refractivity contribution >= 4 is 34.4 Å². The number of fused-ring (bicyclic) bond motifs is 1. The Hall–Kier alpha value is -2.72. The molecule has 2 aromatic carbocycles. The molecule has 0 atom stereocenters. The van der Waals surface area contributed by atoms with Crippen molar-refractivity contribution in [3.05, 3.63) is 58.4 Å². The Labute approximate surface area is 188 Å². The molecule has 0 radical (unpaired) electrons. The minimum absolute atomic E-state index is 0.0292. The molecule has 1 fully saturated rings. The van der Waals surface area contributed by atoms with Gasteiger partial charge in [-0.1, -0.05) is 0 Å². The van der Waals surface area contributed by atoms with Gasteiger partial charge >= 0.3 is 5.92 Å². The van der Waals surface area contributed by atoms with Gasteiger partial charge in [0, 0.05) is 56.4 Å². The van der Waals surface area contributed by atoms with Crippen LogP contribution in [0.1, 0.15) is 25.6 Å². The van der Waals surface area contributed by atoms with Gasteiger partial charge in [-0.25, -0.2) is 4.98 Å². The molecule has 0 unspecified atom stereocenters. The number of rotatable bonds is 7. The van der Waals surface area contributed by atoms with Crippen molar-refractivity contribution in [1.82, 2.24) is 9.55 Å². The van der Waals surface area contributed by atoms with E-state index in [-0.39, 0.29) is 17.4 Å². The monoisotopic (exact) mass is 462 g/mol. The first-order valence-electron chi connectivity index (χ1n) is 10.3. The van der Waals surface area contributed by atoms with Crippen LogP contribution in [0.4, 0.5) is 20.2 Å². The fourth-order valence-electron chi connectivity index (χ4n) is 3.86. The fraction of sp³-hybridized carbons (Fsp3) is 0.409. The number of halogens is 2. The maximum absolute atomic E-state index is 14.4. The van der Waals surface area contributed by atoms with E-state index in [1.54, 1.807) is 22.8 Å². The lowest BCUT2D eigenvalue weighted by molar-refractivity contribution is -0.384. The highest BCUT2D eigenvalue weighted by Crippen LogP contribution is 2.35. The van der Waals surface area contributed by atoms with Gasteiger partial charge in [0.15, 0.2) is 5.82 Å². The Bertz CT molecular complexity index is 1110. The number of alkyl halides is 2. The summed E-state index contributed by atoms with van der Waals surface area (Å²) in [7, 11) is 1.85. The fourth-order valence-corrected chi connectivity index (χ4v) is 4.65. The van der Waals surface area contributed by atoms with Gasteiger partial charge < -0.3 is 13.6 Å². The van der Waals surface area contributed by atoms with Gasteiger partial charge in [0.05, 0.1) is 16.0 Å². The van der Waals surface area contributed by atoms with E-state index in [2.05, 4.69) is 4.98 Å². The van der Waals surface area contributed by atoms with Crippen molar-refractivity contribution in [1.29, 1.82) is 0 Å². The number of aromatic nitrogens is 2. The molecular formula is C22H24F2N4O3S. The van der Waals surface area contributed by atoms with Crippen molar-refractivity contribution in [2.75, 3.05) is 24.6 Å². The van der Waals surface area contributed by atoms with E-state index >= 15 is 0 Å². The quantitative estimate of drug-likeness (QED) is 0.258. The van der Waals surface area contributed by atoms with E-state index in [0.717, 1.165) is 30.3 Å². The van der Waals surface area contributed by atoms with Gasteiger partial charge in [0.2, 0.25) is 0 Å². The highest BCUT2D eigenvalue weighted by Gasteiger charge is 2.33. The molecular weight excluding hydrogens is 438 g/mol. The predicted molar refractivity (Wildman–Crippen MR) is 120 cm³/mol. The second kappa shape index (κ2) is 9.03. The third kappa shape index (κ3) is 4.86. The number of ether oxygens (including phenoxy) is 1. The van der Waals surface area contributed by atoms with E-state index < -0.39 is 10.8 Å². The molecule has 2 heterocycles. The summed E-state index contributed by atoms with van der Waals surface area (Å²) in [5.74, 6) is -2.99. The largest absolute Gasteiger partial charge is 0.381 e. The minimum Gasteiger partial charge on any atom is -0.381 e. The van der Waals surface area contributed by atoms with Crippen LogP contribution in [0.25, 0.3) is 11.0 Å². The third-order valence-electron chi connectivity index (χ3n) is 5.56. The van der Waals surface area contributed by atoms with Crippen LogP contribution in [0.2, 0.25) is 0 Å². The summed E-state index contributed by atoms with van der Waals surface area (Å²) in [4.78, 5) is 15.5. The SMILES string of the molecule is CN(Sc1ccc([N+](=O)[O-])cc1)c1ccc2c(c1)nc(C(C)(F)F)n2CC1CCOCC1. The van der Waals surface area contributed by atoms with Crippen molar-refractivity contribution in [3.63, 3.8) is 0 Å². The first kappa shape index (κ1) is 22.5. The number of hydrogen-bond donors (Lipinski definition) is 0. The van der Waals surface area contributed by atoms with Crippen molar-refractivity contribution in [2.45, 2.75) is 37.1 Å². The molecule has 0 N–H and O–H groups in total. The van der Waals surface area contributed by atoms with Crippen LogP contribution >= 0.6 is 11.9 Å². The lowest BCUT2D eigenvalue weighted by Gasteiger charge is -2.24. The highest BCUT2D eigenvalue weighted by molar-refractivity contribution is 8.00. The number of hydrogen-bond acceptors (Lipinski definition) is 6. The van der Waals surface area contributed by atoms with E-state index in [1.807, 2.05) is 23.5 Å². The predicted octanol–water partition coefficient (Wildman–Crippen LogP) is 5.63. The molecule has 3 aromatic rings. The number of imidazole rings is 1. The summed E-state index contributed by atoms with van der Waals surface area (Å²) in [6, 6.07) is 11.8. The van der Waals surface area contributed by atoms with Crippen LogP contribution in [-0.4, -0.2) is 34.7 Å². The summed E-state index contributed by atoms with van der Waals surface area (Å²) in [6.45, 7) is 2.69. The zero-order chi connectivity index (χ0) is 22.9. The summed E-state index contributed by atoms with van der Waals surface area (Å²) >= 11 is 1.38. The summed E-state index contributed by atoms with van der Waals surface area (Å²) in [5.41, 5.74) is 2.02. The standard InChI is InChI=1S/C22H24F2N4O3S/c1-22(23,24)21-25-19-13-17(26(2)32-18-6-3-16(4-7-18)28(29)30)5-8-20(19)27(21)14-15-9-11-31-12-10-15/h3-8,13,15H,9-12,14H2,1-2H3. The Morgan fingerprint density at radius 2 is 1.94 bits per heavy atom. The summed E-state index contributed by atoms with van der Waals surface area (Å²) in [5, 5.41) is 10.8. The maximum atomic E-state index is 14.4. The second-order valence-corrected chi connectivity index (χ2v) is 9.20. The molecule has 0 saturated carbocycles. The zero-order valence-corrected chi connectivity index (χ0v) is 18.6. The third-order valence-corrected chi connectivity index (χ3v) is 6.53.